The van der Waals surface area contributed by atoms with Gasteiger partial charge in [-0.05, 0) is 38.3 Å². The minimum absolute atomic E-state index is 0.841. The molecular weight excluding hydrogens is 248 g/mol. The van der Waals surface area contributed by atoms with Gasteiger partial charge in [-0.3, -0.25) is 5.10 Å². The summed E-state index contributed by atoms with van der Waals surface area (Å²) in [6.07, 6.45) is 2.61. The third-order valence-electron chi connectivity index (χ3n) is 4.02. The maximum Gasteiger partial charge on any atom is 0.0825 e. The average Bonchev–Trinajstić information content (AvgIpc) is 3.09. The molecular formula is C16H22N4. The van der Waals surface area contributed by atoms with Crippen molar-refractivity contribution in [3.63, 3.8) is 0 Å². The fourth-order valence-electron chi connectivity index (χ4n) is 2.92. The zero-order chi connectivity index (χ0) is 13.9. The van der Waals surface area contributed by atoms with Gasteiger partial charge >= 0.3 is 0 Å². The van der Waals surface area contributed by atoms with Crippen molar-refractivity contribution in [1.29, 1.82) is 0 Å². The summed E-state index contributed by atoms with van der Waals surface area (Å²) < 4.78 is 0. The molecule has 0 spiro atoms. The Morgan fingerprint density at radius 3 is 2.65 bits per heavy atom. The van der Waals surface area contributed by atoms with Crippen LogP contribution >= 0.6 is 0 Å². The molecule has 0 atom stereocenters. The zero-order valence-electron chi connectivity index (χ0n) is 12.2. The molecule has 0 bridgehead atoms. The van der Waals surface area contributed by atoms with Crippen LogP contribution in [0.2, 0.25) is 0 Å². The highest BCUT2D eigenvalue weighted by atomic mass is 15.2. The number of aromatic nitrogens is 2. The molecule has 0 amide bonds. The van der Waals surface area contributed by atoms with Crippen molar-refractivity contribution >= 4 is 11.4 Å². The van der Waals surface area contributed by atoms with Gasteiger partial charge < -0.3 is 10.2 Å². The van der Waals surface area contributed by atoms with Crippen LogP contribution in [0.3, 0.4) is 0 Å². The number of anilines is 2. The topological polar surface area (TPSA) is 44.0 Å². The standard InChI is InChI=1S/C16H22N4/c1-12-16(13(2)19-18-12)17-11-14-7-3-4-8-15(14)20-9-5-6-10-20/h3-4,7-8,17H,5-6,9-11H2,1-2H3,(H,18,19). The highest BCUT2D eigenvalue weighted by Gasteiger charge is 2.15. The summed E-state index contributed by atoms with van der Waals surface area (Å²) in [5.41, 5.74) is 5.98. The van der Waals surface area contributed by atoms with Gasteiger partial charge in [0.15, 0.2) is 0 Å². The number of aromatic amines is 1. The second-order valence-corrected chi connectivity index (χ2v) is 5.49. The lowest BCUT2D eigenvalue weighted by atomic mass is 10.1. The Morgan fingerprint density at radius 1 is 1.20 bits per heavy atom. The molecule has 0 radical (unpaired) electrons. The van der Waals surface area contributed by atoms with Crippen LogP contribution < -0.4 is 10.2 Å². The molecule has 0 unspecified atom stereocenters. The van der Waals surface area contributed by atoms with Crippen molar-refractivity contribution in [2.45, 2.75) is 33.2 Å². The molecule has 2 N–H and O–H groups in total. The molecule has 1 aromatic carbocycles. The van der Waals surface area contributed by atoms with Crippen molar-refractivity contribution < 1.29 is 0 Å². The van der Waals surface area contributed by atoms with E-state index in [0.29, 0.717) is 0 Å². The van der Waals surface area contributed by atoms with Gasteiger partial charge in [-0.25, -0.2) is 0 Å². The smallest absolute Gasteiger partial charge is 0.0825 e. The summed E-state index contributed by atoms with van der Waals surface area (Å²) in [6, 6.07) is 8.69. The lowest BCUT2D eigenvalue weighted by Gasteiger charge is -2.21. The van der Waals surface area contributed by atoms with Crippen LogP contribution in [0.5, 0.6) is 0 Å². The molecule has 106 valence electrons. The number of nitrogens with zero attached hydrogens (tertiary/aromatic N) is 2. The van der Waals surface area contributed by atoms with E-state index in [1.165, 1.54) is 37.2 Å². The van der Waals surface area contributed by atoms with E-state index >= 15 is 0 Å². The molecule has 1 aromatic heterocycles. The molecule has 2 aromatic rings. The molecule has 1 fully saturated rings. The van der Waals surface area contributed by atoms with Crippen LogP contribution in [0.15, 0.2) is 24.3 Å². The van der Waals surface area contributed by atoms with Crippen molar-refractivity contribution in [3.05, 3.63) is 41.2 Å². The van der Waals surface area contributed by atoms with Gasteiger partial charge in [-0.15, -0.1) is 0 Å². The molecule has 1 aliphatic heterocycles. The first-order valence-corrected chi connectivity index (χ1v) is 7.34. The first-order valence-electron chi connectivity index (χ1n) is 7.34. The van der Waals surface area contributed by atoms with Crippen LogP contribution in [0.25, 0.3) is 0 Å². The lowest BCUT2D eigenvalue weighted by Crippen LogP contribution is -2.20. The highest BCUT2D eigenvalue weighted by molar-refractivity contribution is 5.57. The first kappa shape index (κ1) is 13.0. The van der Waals surface area contributed by atoms with E-state index in [0.717, 1.165) is 23.6 Å². The average molecular weight is 270 g/mol. The summed E-state index contributed by atoms with van der Waals surface area (Å²) in [5, 5.41) is 10.8. The number of hydrogen-bond donors (Lipinski definition) is 2. The summed E-state index contributed by atoms with van der Waals surface area (Å²) >= 11 is 0. The van der Waals surface area contributed by atoms with Gasteiger partial charge in [-0.2, -0.15) is 5.10 Å². The second kappa shape index (κ2) is 5.57. The number of para-hydroxylation sites is 1. The van der Waals surface area contributed by atoms with Crippen LogP contribution in [0, 0.1) is 13.8 Å². The van der Waals surface area contributed by atoms with Gasteiger partial charge in [0.05, 0.1) is 17.1 Å². The van der Waals surface area contributed by atoms with Crippen molar-refractivity contribution in [1.82, 2.24) is 10.2 Å². The van der Waals surface area contributed by atoms with Crippen LogP contribution in [-0.4, -0.2) is 23.3 Å². The minimum Gasteiger partial charge on any atom is -0.378 e. The maximum atomic E-state index is 4.23. The molecule has 0 aliphatic carbocycles. The third-order valence-corrected chi connectivity index (χ3v) is 4.02. The van der Waals surface area contributed by atoms with E-state index in [9.17, 15) is 0 Å². The van der Waals surface area contributed by atoms with Gasteiger partial charge in [0.1, 0.15) is 0 Å². The summed E-state index contributed by atoms with van der Waals surface area (Å²) in [4.78, 5) is 2.49. The number of rotatable bonds is 4. The number of benzene rings is 1. The van der Waals surface area contributed by atoms with Gasteiger partial charge in [0, 0.05) is 25.3 Å². The molecule has 1 aliphatic rings. The third kappa shape index (κ3) is 2.50. The Labute approximate surface area is 120 Å². The molecule has 20 heavy (non-hydrogen) atoms. The van der Waals surface area contributed by atoms with Gasteiger partial charge in [0.25, 0.3) is 0 Å². The summed E-state index contributed by atoms with van der Waals surface area (Å²) in [6.45, 7) is 7.28. The van der Waals surface area contributed by atoms with Gasteiger partial charge in [-0.1, -0.05) is 18.2 Å². The van der Waals surface area contributed by atoms with E-state index < -0.39 is 0 Å². The maximum absolute atomic E-state index is 4.23. The number of H-pyrrole nitrogens is 1. The normalized spacial score (nSPS) is 14.8. The SMILES string of the molecule is Cc1n[nH]c(C)c1NCc1ccccc1N1CCCC1. The van der Waals surface area contributed by atoms with Gasteiger partial charge in [0.2, 0.25) is 0 Å². The quantitative estimate of drug-likeness (QED) is 0.896. The molecule has 4 nitrogen and oxygen atoms in total. The van der Waals surface area contributed by atoms with Crippen molar-refractivity contribution in [3.8, 4) is 0 Å². The highest BCUT2D eigenvalue weighted by Crippen LogP contribution is 2.26. The van der Waals surface area contributed by atoms with E-state index in [2.05, 4.69) is 51.6 Å². The predicted octanol–water partition coefficient (Wildman–Crippen LogP) is 3.24. The van der Waals surface area contributed by atoms with E-state index in [1.807, 2.05) is 6.92 Å². The van der Waals surface area contributed by atoms with E-state index in [-0.39, 0.29) is 0 Å². The predicted molar refractivity (Wildman–Crippen MR) is 83.3 cm³/mol. The van der Waals surface area contributed by atoms with Crippen LogP contribution in [0.4, 0.5) is 11.4 Å². The Hall–Kier alpha value is -1.97. The van der Waals surface area contributed by atoms with Crippen molar-refractivity contribution in [2.75, 3.05) is 23.3 Å². The lowest BCUT2D eigenvalue weighted by molar-refractivity contribution is 0.949. The van der Waals surface area contributed by atoms with Crippen LogP contribution in [0.1, 0.15) is 29.8 Å². The second-order valence-electron chi connectivity index (χ2n) is 5.49. The molecule has 0 saturated carbocycles. The Kier molecular flexibility index (Phi) is 3.63. The van der Waals surface area contributed by atoms with E-state index in [1.54, 1.807) is 0 Å². The first-order chi connectivity index (χ1) is 9.75. The number of aryl methyl sites for hydroxylation is 2. The fraction of sp³-hybridized carbons (Fsp3) is 0.438. The Bertz CT molecular complexity index is 562. The molecule has 4 heteroatoms. The van der Waals surface area contributed by atoms with E-state index in [4.69, 9.17) is 0 Å². The molecule has 2 heterocycles. The Morgan fingerprint density at radius 2 is 1.95 bits per heavy atom. The molecule has 1 saturated heterocycles. The number of hydrogen-bond acceptors (Lipinski definition) is 3. The summed E-state index contributed by atoms with van der Waals surface area (Å²) in [7, 11) is 0. The fourth-order valence-corrected chi connectivity index (χ4v) is 2.92. The van der Waals surface area contributed by atoms with Crippen molar-refractivity contribution in [2.24, 2.45) is 0 Å². The zero-order valence-corrected chi connectivity index (χ0v) is 12.2. The number of nitrogens with one attached hydrogen (secondary N) is 2. The summed E-state index contributed by atoms with van der Waals surface area (Å²) in [5.74, 6) is 0. The molecule has 3 rings (SSSR count). The largest absolute Gasteiger partial charge is 0.378 e. The van der Waals surface area contributed by atoms with Crippen LogP contribution in [-0.2, 0) is 6.54 Å². The minimum atomic E-state index is 0.841. The monoisotopic (exact) mass is 270 g/mol. The Balaban J connectivity index is 1.77.